The molecular weight excluding hydrogens is 518 g/mol. The Morgan fingerprint density at radius 1 is 0.683 bits per heavy atom. The van der Waals surface area contributed by atoms with Crippen LogP contribution >= 0.6 is 11.3 Å². The van der Waals surface area contributed by atoms with E-state index in [1.54, 1.807) is 11.3 Å². The molecule has 4 aromatic rings. The van der Waals surface area contributed by atoms with Crippen LogP contribution in [0.2, 0.25) is 0 Å². The van der Waals surface area contributed by atoms with Gasteiger partial charge in [-0.2, -0.15) is 0 Å². The molecule has 0 aromatic carbocycles. The van der Waals surface area contributed by atoms with Crippen molar-refractivity contribution >= 4 is 11.3 Å². The molecule has 0 radical (unpaired) electrons. The van der Waals surface area contributed by atoms with E-state index in [0.717, 1.165) is 53.5 Å². The van der Waals surface area contributed by atoms with E-state index in [-0.39, 0.29) is 0 Å². The van der Waals surface area contributed by atoms with Crippen molar-refractivity contribution in [2.75, 3.05) is 0 Å². The number of unbranched alkanes of at least 4 members (excludes halogenated alkanes) is 4. The highest BCUT2D eigenvalue weighted by Gasteiger charge is 2.13. The van der Waals surface area contributed by atoms with E-state index in [1.165, 1.54) is 72.9 Å². The van der Waals surface area contributed by atoms with Gasteiger partial charge in [0.05, 0.1) is 27.7 Å². The molecule has 0 spiro atoms. The summed E-state index contributed by atoms with van der Waals surface area (Å²) >= 11 is 1.77. The van der Waals surface area contributed by atoms with E-state index in [1.807, 2.05) is 18.5 Å². The fourth-order valence-corrected chi connectivity index (χ4v) is 6.06. The van der Waals surface area contributed by atoms with Crippen molar-refractivity contribution in [3.05, 3.63) is 87.4 Å². The van der Waals surface area contributed by atoms with Gasteiger partial charge in [-0.05, 0) is 89.7 Å². The van der Waals surface area contributed by atoms with E-state index in [0.29, 0.717) is 0 Å². The SMILES string of the molecule is CCCCCCC(CCCC)Cc1ccsc1C#Cc1ccnc(-c2cc(CC)cc(-c3cc(CC)ccn3)n2)c1. The molecule has 0 fully saturated rings. The minimum absolute atomic E-state index is 0.758. The summed E-state index contributed by atoms with van der Waals surface area (Å²) < 4.78 is 0. The smallest absolute Gasteiger partial charge is 0.0898 e. The third kappa shape index (κ3) is 9.10. The normalized spacial score (nSPS) is 11.7. The molecule has 41 heavy (non-hydrogen) atoms. The second kappa shape index (κ2) is 16.2. The summed E-state index contributed by atoms with van der Waals surface area (Å²) in [5.74, 6) is 7.71. The van der Waals surface area contributed by atoms with Crippen molar-refractivity contribution in [2.45, 2.75) is 98.3 Å². The fourth-order valence-electron chi connectivity index (χ4n) is 5.28. The molecule has 0 aliphatic carbocycles. The monoisotopic (exact) mass is 563 g/mol. The molecule has 0 saturated heterocycles. The van der Waals surface area contributed by atoms with Gasteiger partial charge in [-0.1, -0.05) is 90.9 Å². The summed E-state index contributed by atoms with van der Waals surface area (Å²) in [6.45, 7) is 8.92. The Morgan fingerprint density at radius 2 is 1.37 bits per heavy atom. The largest absolute Gasteiger partial charge is 0.255 e. The molecule has 4 heterocycles. The van der Waals surface area contributed by atoms with Crippen molar-refractivity contribution in [3.63, 3.8) is 0 Å². The van der Waals surface area contributed by atoms with E-state index >= 15 is 0 Å². The van der Waals surface area contributed by atoms with Gasteiger partial charge in [-0.3, -0.25) is 9.97 Å². The van der Waals surface area contributed by atoms with E-state index in [2.05, 4.69) is 91.3 Å². The number of thiophene rings is 1. The molecule has 0 saturated carbocycles. The van der Waals surface area contributed by atoms with Crippen LogP contribution in [0, 0.1) is 17.8 Å². The summed E-state index contributed by atoms with van der Waals surface area (Å²) in [5.41, 5.74) is 8.38. The maximum absolute atomic E-state index is 4.98. The number of aryl methyl sites for hydroxylation is 2. The van der Waals surface area contributed by atoms with Crippen molar-refractivity contribution in [1.82, 2.24) is 15.0 Å². The molecule has 3 nitrogen and oxygen atoms in total. The zero-order valence-corrected chi connectivity index (χ0v) is 26.2. The lowest BCUT2D eigenvalue weighted by molar-refractivity contribution is 0.410. The van der Waals surface area contributed by atoms with E-state index < -0.39 is 0 Å². The van der Waals surface area contributed by atoms with Crippen molar-refractivity contribution < 1.29 is 0 Å². The lowest BCUT2D eigenvalue weighted by Crippen LogP contribution is -2.05. The van der Waals surface area contributed by atoms with Gasteiger partial charge in [0.2, 0.25) is 0 Å². The molecule has 0 N–H and O–H groups in total. The lowest BCUT2D eigenvalue weighted by Gasteiger charge is -2.16. The predicted molar refractivity (Wildman–Crippen MR) is 175 cm³/mol. The van der Waals surface area contributed by atoms with Gasteiger partial charge in [0.1, 0.15) is 0 Å². The lowest BCUT2D eigenvalue weighted by atomic mass is 9.89. The Balaban J connectivity index is 1.55. The first-order valence-electron chi connectivity index (χ1n) is 15.6. The second-order valence-corrected chi connectivity index (χ2v) is 11.9. The Kier molecular flexibility index (Phi) is 12.1. The van der Waals surface area contributed by atoms with Gasteiger partial charge in [0.25, 0.3) is 0 Å². The zero-order valence-electron chi connectivity index (χ0n) is 25.4. The van der Waals surface area contributed by atoms with Crippen LogP contribution in [0.25, 0.3) is 22.8 Å². The number of hydrogen-bond acceptors (Lipinski definition) is 4. The molecule has 0 amide bonds. The van der Waals surface area contributed by atoms with Crippen LogP contribution in [0.3, 0.4) is 0 Å². The summed E-state index contributed by atoms with van der Waals surface area (Å²) in [5, 5.41) is 2.20. The standard InChI is InChI=1S/C37H45N3S/c1-5-9-11-12-14-30(13-10-6-2)23-32-19-22-41-37(32)16-15-31-18-21-39-34(27-31)36-26-29(8-4)25-35(40-36)33-24-28(7-3)17-20-38-33/h17-22,24-27,30H,5-14,23H2,1-4H3. The number of nitrogens with zero attached hydrogens (tertiary/aromatic N) is 3. The molecular formula is C37H45N3S. The number of pyridine rings is 3. The highest BCUT2D eigenvalue weighted by atomic mass is 32.1. The molecule has 4 aromatic heterocycles. The van der Waals surface area contributed by atoms with Crippen LogP contribution in [0.1, 0.15) is 106 Å². The third-order valence-corrected chi connectivity index (χ3v) is 8.69. The average molecular weight is 564 g/mol. The van der Waals surface area contributed by atoms with Crippen LogP contribution in [0.4, 0.5) is 0 Å². The molecule has 0 aliphatic rings. The van der Waals surface area contributed by atoms with Gasteiger partial charge < -0.3 is 0 Å². The van der Waals surface area contributed by atoms with Crippen molar-refractivity contribution in [1.29, 1.82) is 0 Å². The quantitative estimate of drug-likeness (QED) is 0.113. The summed E-state index contributed by atoms with van der Waals surface area (Å²) in [6, 6.07) is 14.8. The molecule has 4 rings (SSSR count). The van der Waals surface area contributed by atoms with Gasteiger partial charge in [0.15, 0.2) is 0 Å². The molecule has 0 aliphatic heterocycles. The Hall–Kier alpha value is -3.29. The number of hydrogen-bond donors (Lipinski definition) is 0. The maximum atomic E-state index is 4.98. The van der Waals surface area contributed by atoms with Crippen molar-refractivity contribution in [3.8, 4) is 34.6 Å². The third-order valence-electron chi connectivity index (χ3n) is 7.82. The molecule has 0 bridgehead atoms. The van der Waals surface area contributed by atoms with Crippen LogP contribution in [-0.4, -0.2) is 15.0 Å². The van der Waals surface area contributed by atoms with Crippen LogP contribution in [0.15, 0.2) is 60.2 Å². The number of rotatable bonds is 14. The summed E-state index contributed by atoms with van der Waals surface area (Å²) in [7, 11) is 0. The predicted octanol–water partition coefficient (Wildman–Crippen LogP) is 10.1. The maximum Gasteiger partial charge on any atom is 0.0898 e. The van der Waals surface area contributed by atoms with E-state index in [9.17, 15) is 0 Å². The molecule has 4 heteroatoms. The highest BCUT2D eigenvalue weighted by Crippen LogP contribution is 2.27. The number of aromatic nitrogens is 3. The summed E-state index contributed by atoms with van der Waals surface area (Å²) in [4.78, 5) is 15.5. The second-order valence-electron chi connectivity index (χ2n) is 11.0. The molecule has 1 unspecified atom stereocenters. The van der Waals surface area contributed by atoms with Gasteiger partial charge >= 0.3 is 0 Å². The van der Waals surface area contributed by atoms with Gasteiger partial charge in [-0.25, -0.2) is 4.98 Å². The first-order valence-corrected chi connectivity index (χ1v) is 16.5. The van der Waals surface area contributed by atoms with Crippen LogP contribution in [-0.2, 0) is 19.3 Å². The Labute approximate surface area is 251 Å². The van der Waals surface area contributed by atoms with Crippen LogP contribution < -0.4 is 0 Å². The first kappa shape index (κ1) is 30.7. The highest BCUT2D eigenvalue weighted by molar-refractivity contribution is 7.10. The van der Waals surface area contributed by atoms with E-state index in [4.69, 9.17) is 4.98 Å². The average Bonchev–Trinajstić information content (AvgIpc) is 3.47. The fraction of sp³-hybridized carbons (Fsp3) is 0.432. The zero-order chi connectivity index (χ0) is 28.9. The molecule has 214 valence electrons. The van der Waals surface area contributed by atoms with Crippen LogP contribution in [0.5, 0.6) is 0 Å². The summed E-state index contributed by atoms with van der Waals surface area (Å²) in [6.07, 6.45) is 17.4. The van der Waals surface area contributed by atoms with Gasteiger partial charge in [0, 0.05) is 18.0 Å². The van der Waals surface area contributed by atoms with Crippen molar-refractivity contribution in [2.24, 2.45) is 5.92 Å². The topological polar surface area (TPSA) is 38.7 Å². The molecule has 1 atom stereocenters. The first-order chi connectivity index (χ1) is 20.1. The Morgan fingerprint density at radius 3 is 2.10 bits per heavy atom. The Bertz CT molecular complexity index is 1440. The minimum atomic E-state index is 0.758. The van der Waals surface area contributed by atoms with Gasteiger partial charge in [-0.15, -0.1) is 11.3 Å². The minimum Gasteiger partial charge on any atom is -0.255 e.